The van der Waals surface area contributed by atoms with E-state index in [9.17, 15) is 20.1 Å². The van der Waals surface area contributed by atoms with Gasteiger partial charge in [0.05, 0.1) is 31.3 Å². The van der Waals surface area contributed by atoms with Crippen LogP contribution in [0.15, 0.2) is 24.3 Å². The van der Waals surface area contributed by atoms with Gasteiger partial charge in [0.2, 0.25) is 5.91 Å². The van der Waals surface area contributed by atoms with Gasteiger partial charge in [-0.3, -0.25) is 4.79 Å². The smallest absolute Gasteiger partial charge is 0.222 e. The average Bonchev–Trinajstić information content (AvgIpc) is 3.27. The third kappa shape index (κ3) is 48.3. The van der Waals surface area contributed by atoms with E-state index in [1.807, 2.05) is 6.08 Å². The second-order valence-electron chi connectivity index (χ2n) is 19.5. The van der Waals surface area contributed by atoms with E-state index >= 15 is 0 Å². The van der Waals surface area contributed by atoms with E-state index in [1.54, 1.807) is 6.08 Å². The fraction of sp³-hybridized carbons (Fsp3) is 0.912. The molecule has 1 amide bonds. The highest BCUT2D eigenvalue weighted by molar-refractivity contribution is 5.76. The van der Waals surface area contributed by atoms with E-state index < -0.39 is 18.2 Å². The monoisotopic (exact) mass is 874 g/mol. The van der Waals surface area contributed by atoms with Crippen LogP contribution in [0.3, 0.4) is 0 Å². The first-order valence-electron chi connectivity index (χ1n) is 28.1. The number of hydrogen-bond acceptors (Lipinski definition) is 4. The van der Waals surface area contributed by atoms with Crippen molar-refractivity contribution < 1.29 is 20.1 Å². The van der Waals surface area contributed by atoms with Crippen molar-refractivity contribution in [1.82, 2.24) is 5.32 Å². The quantitative estimate of drug-likeness (QED) is 0.0362. The van der Waals surface area contributed by atoms with Crippen LogP contribution in [0.5, 0.6) is 0 Å². The molecule has 0 saturated carbocycles. The Morgan fingerprint density at radius 2 is 0.677 bits per heavy atom. The van der Waals surface area contributed by atoms with Crippen LogP contribution in [-0.4, -0.2) is 46.1 Å². The number of nitrogens with one attached hydrogen (secondary N) is 1. The zero-order chi connectivity index (χ0) is 45.1. The normalized spacial score (nSPS) is 13.4. The van der Waals surface area contributed by atoms with Crippen LogP contribution in [0.25, 0.3) is 0 Å². The van der Waals surface area contributed by atoms with Crippen molar-refractivity contribution in [3.8, 4) is 0 Å². The number of amides is 1. The third-order valence-electron chi connectivity index (χ3n) is 13.2. The molecule has 0 saturated heterocycles. The van der Waals surface area contributed by atoms with Crippen LogP contribution in [-0.2, 0) is 4.79 Å². The summed E-state index contributed by atoms with van der Waals surface area (Å²) in [6.45, 7) is 4.25. The summed E-state index contributed by atoms with van der Waals surface area (Å²) in [6, 6.07) is -0.745. The maximum Gasteiger partial charge on any atom is 0.222 e. The molecule has 0 radical (unpaired) electrons. The molecular formula is C57H111NO4. The largest absolute Gasteiger partial charge is 0.394 e. The molecule has 3 unspecified atom stereocenters. The lowest BCUT2D eigenvalue weighted by molar-refractivity contribution is -0.124. The van der Waals surface area contributed by atoms with E-state index in [1.165, 1.54) is 257 Å². The second kappa shape index (κ2) is 52.5. The molecule has 0 aromatic rings. The number of unbranched alkanes of at least 4 members (excludes halogenated alkanes) is 41. The van der Waals surface area contributed by atoms with Crippen LogP contribution < -0.4 is 5.32 Å². The van der Waals surface area contributed by atoms with E-state index in [0.717, 1.165) is 25.7 Å². The van der Waals surface area contributed by atoms with E-state index in [-0.39, 0.29) is 18.9 Å². The molecule has 5 heteroatoms. The Morgan fingerprint density at radius 3 is 0.984 bits per heavy atom. The van der Waals surface area contributed by atoms with Gasteiger partial charge in [-0.25, -0.2) is 0 Å². The molecule has 0 fully saturated rings. The number of aliphatic hydroxyl groups excluding tert-OH is 3. The Hall–Kier alpha value is -1.17. The summed E-state index contributed by atoms with van der Waals surface area (Å²) < 4.78 is 0. The maximum atomic E-state index is 12.5. The van der Waals surface area contributed by atoms with Crippen LogP contribution >= 0.6 is 0 Å². The Bertz CT molecular complexity index is 920. The highest BCUT2D eigenvalue weighted by Gasteiger charge is 2.20. The van der Waals surface area contributed by atoms with Crippen LogP contribution in [0, 0.1) is 0 Å². The molecule has 4 N–H and O–H groups in total. The lowest BCUT2D eigenvalue weighted by atomic mass is 10.0. The Kier molecular flexibility index (Phi) is 51.5. The predicted octanol–water partition coefficient (Wildman–Crippen LogP) is 17.3. The van der Waals surface area contributed by atoms with Crippen molar-refractivity contribution in [3.05, 3.63) is 24.3 Å². The summed E-state index contributed by atoms with van der Waals surface area (Å²) in [7, 11) is 0. The molecule has 368 valence electrons. The minimum absolute atomic E-state index is 0.0131. The Morgan fingerprint density at radius 1 is 0.403 bits per heavy atom. The molecule has 62 heavy (non-hydrogen) atoms. The first-order chi connectivity index (χ1) is 30.5. The fourth-order valence-corrected chi connectivity index (χ4v) is 8.93. The van der Waals surface area contributed by atoms with Gasteiger partial charge >= 0.3 is 0 Å². The van der Waals surface area contributed by atoms with Crippen molar-refractivity contribution >= 4 is 5.91 Å². The Balaban J connectivity index is 3.57. The molecule has 0 aromatic carbocycles. The molecule has 0 spiro atoms. The number of carbonyl (C=O) groups is 1. The first kappa shape index (κ1) is 60.8. The van der Waals surface area contributed by atoms with Gasteiger partial charge in [-0.15, -0.1) is 0 Å². The standard InChI is InChI=1S/C57H111NO4/c1-3-5-7-9-11-13-15-17-19-21-23-25-27-29-31-33-35-37-39-41-43-45-47-49-51-56(61)55(53-59)58-57(62)52-54(60)50-48-46-44-42-40-38-36-34-32-30-28-26-24-22-20-18-16-14-12-10-8-6-4-2/h30,32,49,51,54-56,59-61H,3-29,31,33-48,50,52-53H2,1-2H3,(H,58,62)/b32-30-,51-49+. The summed E-state index contributed by atoms with van der Waals surface area (Å²) >= 11 is 0. The first-order valence-corrected chi connectivity index (χ1v) is 28.1. The van der Waals surface area contributed by atoms with Gasteiger partial charge in [-0.2, -0.15) is 0 Å². The molecule has 0 aromatic heterocycles. The van der Waals surface area contributed by atoms with E-state index in [0.29, 0.717) is 6.42 Å². The minimum atomic E-state index is -0.930. The summed E-state index contributed by atoms with van der Waals surface area (Å²) in [4.78, 5) is 12.5. The second-order valence-corrected chi connectivity index (χ2v) is 19.5. The van der Waals surface area contributed by atoms with Crippen molar-refractivity contribution in [2.75, 3.05) is 6.61 Å². The number of aliphatic hydroxyl groups is 3. The van der Waals surface area contributed by atoms with Crippen LogP contribution in [0.2, 0.25) is 0 Å². The molecule has 0 aliphatic heterocycles. The summed E-state index contributed by atoms with van der Waals surface area (Å²) in [6.07, 6.45) is 66.5. The molecule has 0 rings (SSSR count). The summed E-state index contributed by atoms with van der Waals surface area (Å²) in [5, 5.41) is 33.5. The molecule has 0 aliphatic carbocycles. The molecule has 5 nitrogen and oxygen atoms in total. The lowest BCUT2D eigenvalue weighted by Crippen LogP contribution is -2.45. The summed E-state index contributed by atoms with van der Waals surface area (Å²) in [5.41, 5.74) is 0. The van der Waals surface area contributed by atoms with E-state index in [4.69, 9.17) is 0 Å². The number of allylic oxidation sites excluding steroid dienone is 3. The van der Waals surface area contributed by atoms with Crippen molar-refractivity contribution in [3.63, 3.8) is 0 Å². The number of hydrogen-bond donors (Lipinski definition) is 4. The van der Waals surface area contributed by atoms with Crippen molar-refractivity contribution in [2.24, 2.45) is 0 Å². The minimum Gasteiger partial charge on any atom is -0.394 e. The average molecular weight is 875 g/mol. The van der Waals surface area contributed by atoms with Gasteiger partial charge in [-0.1, -0.05) is 282 Å². The Labute approximate surface area is 388 Å². The van der Waals surface area contributed by atoms with Crippen LogP contribution in [0.1, 0.15) is 309 Å². The highest BCUT2D eigenvalue weighted by Crippen LogP contribution is 2.17. The van der Waals surface area contributed by atoms with Gasteiger partial charge in [-0.05, 0) is 44.9 Å². The predicted molar refractivity (Wildman–Crippen MR) is 273 cm³/mol. The van der Waals surface area contributed by atoms with Gasteiger partial charge in [0, 0.05) is 0 Å². The number of carbonyl (C=O) groups excluding carboxylic acids is 1. The molecule has 0 heterocycles. The third-order valence-corrected chi connectivity index (χ3v) is 13.2. The van der Waals surface area contributed by atoms with Gasteiger partial charge in [0.1, 0.15) is 0 Å². The SMILES string of the molecule is CCCCCCCCCCCCCC/C=C\CCCCCCCCCC(O)CC(=O)NC(CO)C(O)/C=C/CCCCCCCCCCCCCCCCCCCCCCCC. The molecule has 0 aliphatic rings. The lowest BCUT2D eigenvalue weighted by Gasteiger charge is -2.21. The maximum absolute atomic E-state index is 12.5. The molecule has 3 atom stereocenters. The van der Waals surface area contributed by atoms with Crippen molar-refractivity contribution in [1.29, 1.82) is 0 Å². The van der Waals surface area contributed by atoms with Crippen molar-refractivity contribution in [2.45, 2.75) is 327 Å². The fourth-order valence-electron chi connectivity index (χ4n) is 8.93. The molecule has 0 bridgehead atoms. The van der Waals surface area contributed by atoms with Gasteiger partial charge in [0.25, 0.3) is 0 Å². The highest BCUT2D eigenvalue weighted by atomic mass is 16.3. The van der Waals surface area contributed by atoms with Gasteiger partial charge < -0.3 is 20.6 Å². The zero-order valence-corrected chi connectivity index (χ0v) is 42.0. The molecular weight excluding hydrogens is 763 g/mol. The van der Waals surface area contributed by atoms with Crippen LogP contribution in [0.4, 0.5) is 0 Å². The topological polar surface area (TPSA) is 89.8 Å². The zero-order valence-electron chi connectivity index (χ0n) is 42.0. The van der Waals surface area contributed by atoms with Gasteiger partial charge in [0.15, 0.2) is 0 Å². The summed E-state index contributed by atoms with van der Waals surface area (Å²) in [5.74, 6) is -0.313. The number of rotatable bonds is 52. The van der Waals surface area contributed by atoms with E-state index in [2.05, 4.69) is 31.3 Å².